The zero-order chi connectivity index (χ0) is 16.6. The lowest BCUT2D eigenvalue weighted by atomic mass is 9.93. The highest BCUT2D eigenvalue weighted by molar-refractivity contribution is 4.93. The molecule has 2 aliphatic heterocycles. The summed E-state index contributed by atoms with van der Waals surface area (Å²) in [5.74, 6) is -0.414. The smallest absolute Gasteiger partial charge is 0.163 e. The molecule has 0 aromatic rings. The Morgan fingerprint density at radius 3 is 1.50 bits per heavy atom. The van der Waals surface area contributed by atoms with Crippen molar-refractivity contribution in [3.05, 3.63) is 0 Å². The minimum atomic E-state index is -0.414. The lowest BCUT2D eigenvalue weighted by Crippen LogP contribution is -2.48. The van der Waals surface area contributed by atoms with Crippen molar-refractivity contribution in [1.82, 2.24) is 9.80 Å². The van der Waals surface area contributed by atoms with Crippen molar-refractivity contribution in [2.75, 3.05) is 19.8 Å². The SMILES string of the molecule is CC1(C)O[C@H]2CN(C3CCCCC3)CN(C3CCCCC3)C[C@@H]2O1. The molecule has 0 bridgehead atoms. The lowest BCUT2D eigenvalue weighted by molar-refractivity contribution is -0.155. The van der Waals surface area contributed by atoms with Crippen LogP contribution in [-0.4, -0.2) is 59.6 Å². The first-order valence-electron chi connectivity index (χ1n) is 10.4. The maximum atomic E-state index is 6.30. The Morgan fingerprint density at radius 1 is 0.667 bits per heavy atom. The van der Waals surface area contributed by atoms with Gasteiger partial charge < -0.3 is 9.47 Å². The number of ether oxygens (including phenoxy) is 2. The molecule has 138 valence electrons. The average molecular weight is 337 g/mol. The lowest BCUT2D eigenvalue weighted by Gasteiger charge is -2.40. The maximum Gasteiger partial charge on any atom is 0.163 e. The van der Waals surface area contributed by atoms with Crippen LogP contribution in [0.5, 0.6) is 0 Å². The Kier molecular flexibility index (Phi) is 5.19. The van der Waals surface area contributed by atoms with Gasteiger partial charge in [-0.1, -0.05) is 38.5 Å². The molecular formula is C20H36N2O2. The number of rotatable bonds is 2. The fourth-order valence-corrected chi connectivity index (χ4v) is 5.45. The maximum absolute atomic E-state index is 6.30. The first-order chi connectivity index (χ1) is 11.6. The fourth-order valence-electron chi connectivity index (χ4n) is 5.45. The van der Waals surface area contributed by atoms with Crippen LogP contribution in [0.25, 0.3) is 0 Å². The quantitative estimate of drug-likeness (QED) is 0.767. The van der Waals surface area contributed by atoms with Gasteiger partial charge in [-0.2, -0.15) is 0 Å². The molecule has 0 aromatic heterocycles. The predicted octanol–water partition coefficient (Wildman–Crippen LogP) is 3.75. The molecule has 4 fully saturated rings. The molecule has 24 heavy (non-hydrogen) atoms. The van der Waals surface area contributed by atoms with Crippen LogP contribution >= 0.6 is 0 Å². The molecule has 2 aliphatic carbocycles. The van der Waals surface area contributed by atoms with Crippen molar-refractivity contribution in [3.63, 3.8) is 0 Å². The summed E-state index contributed by atoms with van der Waals surface area (Å²) < 4.78 is 12.6. The van der Waals surface area contributed by atoms with Gasteiger partial charge in [0.25, 0.3) is 0 Å². The zero-order valence-corrected chi connectivity index (χ0v) is 15.7. The summed E-state index contributed by atoms with van der Waals surface area (Å²) in [5, 5.41) is 0. The Labute approximate surface area is 147 Å². The van der Waals surface area contributed by atoms with Crippen LogP contribution in [0.1, 0.15) is 78.1 Å². The summed E-state index contributed by atoms with van der Waals surface area (Å²) in [4.78, 5) is 5.51. The summed E-state index contributed by atoms with van der Waals surface area (Å²) in [6.45, 7) is 7.41. The van der Waals surface area contributed by atoms with E-state index in [4.69, 9.17) is 9.47 Å². The van der Waals surface area contributed by atoms with E-state index in [1.165, 1.54) is 64.2 Å². The van der Waals surface area contributed by atoms with Gasteiger partial charge in [-0.05, 0) is 39.5 Å². The topological polar surface area (TPSA) is 24.9 Å². The van der Waals surface area contributed by atoms with E-state index in [9.17, 15) is 0 Å². The van der Waals surface area contributed by atoms with Crippen LogP contribution in [-0.2, 0) is 9.47 Å². The van der Waals surface area contributed by atoms with E-state index in [0.29, 0.717) is 0 Å². The summed E-state index contributed by atoms with van der Waals surface area (Å²) >= 11 is 0. The Balaban J connectivity index is 1.51. The third-order valence-electron chi connectivity index (χ3n) is 6.66. The highest BCUT2D eigenvalue weighted by Crippen LogP contribution is 2.35. The highest BCUT2D eigenvalue weighted by atomic mass is 16.8. The van der Waals surface area contributed by atoms with Crippen LogP contribution in [0.15, 0.2) is 0 Å². The molecule has 2 heterocycles. The molecule has 4 heteroatoms. The van der Waals surface area contributed by atoms with Crippen molar-refractivity contribution in [1.29, 1.82) is 0 Å². The predicted molar refractivity (Wildman–Crippen MR) is 95.9 cm³/mol. The third kappa shape index (κ3) is 3.82. The molecule has 0 spiro atoms. The van der Waals surface area contributed by atoms with E-state index < -0.39 is 5.79 Å². The number of nitrogens with zero attached hydrogens (tertiary/aromatic N) is 2. The Hall–Kier alpha value is -0.160. The third-order valence-corrected chi connectivity index (χ3v) is 6.66. The van der Waals surface area contributed by atoms with Gasteiger partial charge >= 0.3 is 0 Å². The molecule has 2 atom stereocenters. The van der Waals surface area contributed by atoms with Gasteiger partial charge in [-0.3, -0.25) is 9.80 Å². The molecule has 2 saturated carbocycles. The van der Waals surface area contributed by atoms with Gasteiger partial charge in [0.2, 0.25) is 0 Å². The van der Waals surface area contributed by atoms with Crippen LogP contribution in [0, 0.1) is 0 Å². The number of fused-ring (bicyclic) bond motifs is 1. The van der Waals surface area contributed by atoms with Crippen LogP contribution < -0.4 is 0 Å². The highest BCUT2D eigenvalue weighted by Gasteiger charge is 2.46. The van der Waals surface area contributed by atoms with Crippen LogP contribution in [0.3, 0.4) is 0 Å². The van der Waals surface area contributed by atoms with Crippen molar-refractivity contribution in [2.45, 2.75) is 108 Å². The van der Waals surface area contributed by atoms with Crippen molar-refractivity contribution >= 4 is 0 Å². The minimum Gasteiger partial charge on any atom is -0.343 e. The fraction of sp³-hybridized carbons (Fsp3) is 1.00. The van der Waals surface area contributed by atoms with E-state index in [2.05, 4.69) is 23.6 Å². The van der Waals surface area contributed by atoms with E-state index in [0.717, 1.165) is 31.8 Å². The molecule has 4 nitrogen and oxygen atoms in total. The van der Waals surface area contributed by atoms with E-state index >= 15 is 0 Å². The van der Waals surface area contributed by atoms with Gasteiger partial charge in [0.1, 0.15) is 12.2 Å². The van der Waals surface area contributed by atoms with E-state index in [1.54, 1.807) is 0 Å². The molecule has 2 saturated heterocycles. The standard InChI is InChI=1S/C20H36N2O2/c1-20(2)23-18-13-21(16-9-5-3-6-10-16)15-22(14-19(18)24-20)17-11-7-4-8-12-17/h16-19H,3-15H2,1-2H3/t18-,19-/m0/s1. The van der Waals surface area contributed by atoms with Gasteiger partial charge in [0.15, 0.2) is 5.79 Å². The largest absolute Gasteiger partial charge is 0.343 e. The van der Waals surface area contributed by atoms with Crippen molar-refractivity contribution in [3.8, 4) is 0 Å². The second-order valence-corrected chi connectivity index (χ2v) is 8.98. The molecule has 4 rings (SSSR count). The second kappa shape index (κ2) is 7.22. The molecule has 0 N–H and O–H groups in total. The number of hydrogen-bond acceptors (Lipinski definition) is 4. The van der Waals surface area contributed by atoms with Gasteiger partial charge in [0, 0.05) is 25.2 Å². The van der Waals surface area contributed by atoms with Gasteiger partial charge in [-0.15, -0.1) is 0 Å². The monoisotopic (exact) mass is 336 g/mol. The first-order valence-corrected chi connectivity index (χ1v) is 10.4. The van der Waals surface area contributed by atoms with E-state index in [1.807, 2.05) is 0 Å². The van der Waals surface area contributed by atoms with Crippen molar-refractivity contribution < 1.29 is 9.47 Å². The second-order valence-electron chi connectivity index (χ2n) is 8.98. The van der Waals surface area contributed by atoms with Crippen molar-refractivity contribution in [2.24, 2.45) is 0 Å². The summed E-state index contributed by atoms with van der Waals surface area (Å²) in [6, 6.07) is 1.52. The molecule has 0 aromatic carbocycles. The van der Waals surface area contributed by atoms with Crippen LogP contribution in [0.2, 0.25) is 0 Å². The Bertz CT molecular complexity index is 380. The molecule has 0 unspecified atom stereocenters. The van der Waals surface area contributed by atoms with E-state index in [-0.39, 0.29) is 12.2 Å². The summed E-state index contributed by atoms with van der Waals surface area (Å²) in [6.07, 6.45) is 14.5. The molecular weight excluding hydrogens is 300 g/mol. The molecule has 0 amide bonds. The normalized spacial score (nSPS) is 37.2. The Morgan fingerprint density at radius 2 is 1.08 bits per heavy atom. The average Bonchev–Trinajstić information content (AvgIpc) is 2.77. The molecule has 4 aliphatic rings. The van der Waals surface area contributed by atoms with Crippen LogP contribution in [0.4, 0.5) is 0 Å². The first kappa shape index (κ1) is 17.3. The van der Waals surface area contributed by atoms with Gasteiger partial charge in [-0.25, -0.2) is 0 Å². The van der Waals surface area contributed by atoms with Gasteiger partial charge in [0.05, 0.1) is 6.67 Å². The summed E-state index contributed by atoms with van der Waals surface area (Å²) in [5.41, 5.74) is 0. The minimum absolute atomic E-state index is 0.246. The molecule has 0 radical (unpaired) electrons. The summed E-state index contributed by atoms with van der Waals surface area (Å²) in [7, 11) is 0. The zero-order valence-electron chi connectivity index (χ0n) is 15.7. The number of hydrogen-bond donors (Lipinski definition) is 0.